The van der Waals surface area contributed by atoms with Crippen LogP contribution in [0.15, 0.2) is 0 Å². The predicted octanol–water partition coefficient (Wildman–Crippen LogP) is -3.86. The number of hydrogen-bond donors (Lipinski definition) is 7. The van der Waals surface area contributed by atoms with Gasteiger partial charge < -0.3 is 15.3 Å². The molecule has 1 aliphatic carbocycles. The van der Waals surface area contributed by atoms with E-state index in [0.29, 0.717) is 6.42 Å². The lowest BCUT2D eigenvalue weighted by molar-refractivity contribution is -0.111. The van der Waals surface area contributed by atoms with Crippen LogP contribution in [0.2, 0.25) is 0 Å². The number of rotatable bonds is 2. The maximum Gasteiger partial charge on any atom is 0.109 e. The summed E-state index contributed by atoms with van der Waals surface area (Å²) in [7, 11) is 0. The topological polar surface area (TPSA) is 137 Å². The van der Waals surface area contributed by atoms with Crippen molar-refractivity contribution >= 4 is 0 Å². The van der Waals surface area contributed by atoms with Gasteiger partial charge in [-0.05, 0) is 6.42 Å². The van der Waals surface area contributed by atoms with Crippen LogP contribution in [0.25, 0.3) is 0 Å². The Labute approximate surface area is 75.7 Å². The van der Waals surface area contributed by atoms with E-state index in [1.165, 1.54) is 0 Å². The summed E-state index contributed by atoms with van der Waals surface area (Å²) in [6, 6.07) is -0.945. The number of nitrogens with one attached hydrogen (secondary N) is 2. The minimum absolute atomic E-state index is 0.354. The fourth-order valence-corrected chi connectivity index (χ4v) is 1.56. The number of nitrogens with two attached hydrogens (primary N) is 2. The molecule has 9 N–H and O–H groups in total. The molecule has 0 aromatic rings. The number of aliphatic hydroxyl groups is 3. The molecular weight excluding hydrogens is 176 g/mol. The second-order valence-electron chi connectivity index (χ2n) is 3.25. The third-order valence-corrected chi connectivity index (χ3v) is 2.46. The number of aliphatic hydroxyl groups excluding tert-OH is 3. The minimum atomic E-state index is -1.24. The molecule has 0 bridgehead atoms. The predicted molar refractivity (Wildman–Crippen MR) is 44.9 cm³/mol. The molecule has 78 valence electrons. The van der Waals surface area contributed by atoms with E-state index in [1.54, 1.807) is 0 Å². The Bertz CT molecular complexity index is 150. The summed E-state index contributed by atoms with van der Waals surface area (Å²) in [6.45, 7) is 0. The zero-order chi connectivity index (χ0) is 10.0. The van der Waals surface area contributed by atoms with Crippen molar-refractivity contribution in [3.8, 4) is 0 Å². The molecule has 1 rings (SSSR count). The van der Waals surface area contributed by atoms with Crippen molar-refractivity contribution < 1.29 is 15.3 Å². The summed E-state index contributed by atoms with van der Waals surface area (Å²) in [5, 5.41) is 28.2. The van der Waals surface area contributed by atoms with Gasteiger partial charge in [-0.25, -0.2) is 0 Å². The van der Waals surface area contributed by atoms with Gasteiger partial charge in [0, 0.05) is 0 Å². The van der Waals surface area contributed by atoms with Gasteiger partial charge in [0.25, 0.3) is 0 Å². The third-order valence-electron chi connectivity index (χ3n) is 2.46. The van der Waals surface area contributed by atoms with Gasteiger partial charge in [-0.15, -0.1) is 0 Å². The summed E-state index contributed by atoms with van der Waals surface area (Å²) in [5.74, 6) is 10.3. The van der Waals surface area contributed by atoms with E-state index in [1.807, 2.05) is 0 Å². The Balaban J connectivity index is 2.66. The quantitative estimate of drug-likeness (QED) is 0.176. The van der Waals surface area contributed by atoms with Crippen LogP contribution in [0.3, 0.4) is 0 Å². The standard InChI is InChI=1S/C6H16N4O3/c7-9-2-1-3(10-8)5(12)6(13)4(2)11/h2-6,9-13H,1,7-8H2/t2-,3+,4+,5-,6?. The zero-order valence-corrected chi connectivity index (χ0v) is 7.09. The van der Waals surface area contributed by atoms with Crippen molar-refractivity contribution in [3.63, 3.8) is 0 Å². The Morgan fingerprint density at radius 2 is 1.23 bits per heavy atom. The van der Waals surface area contributed by atoms with Crippen LogP contribution in [0.1, 0.15) is 6.42 Å². The van der Waals surface area contributed by atoms with Crippen molar-refractivity contribution in [1.82, 2.24) is 10.9 Å². The van der Waals surface area contributed by atoms with Crippen LogP contribution in [-0.4, -0.2) is 45.7 Å². The SMILES string of the molecule is NN[C@H]1C[C@@H](NN)[C@H](O)C(O)[C@@H]1O. The van der Waals surface area contributed by atoms with E-state index in [4.69, 9.17) is 11.7 Å². The van der Waals surface area contributed by atoms with E-state index in [-0.39, 0.29) is 0 Å². The first kappa shape index (κ1) is 10.8. The van der Waals surface area contributed by atoms with Crippen molar-refractivity contribution in [2.24, 2.45) is 11.7 Å². The average Bonchev–Trinajstić information content (AvgIpc) is 2.15. The first-order chi connectivity index (χ1) is 6.11. The molecule has 7 nitrogen and oxygen atoms in total. The highest BCUT2D eigenvalue weighted by molar-refractivity contribution is 4.97. The molecule has 0 saturated heterocycles. The van der Waals surface area contributed by atoms with E-state index in [0.717, 1.165) is 0 Å². The molecule has 0 aromatic heterocycles. The molecule has 0 aromatic carbocycles. The molecule has 5 atom stereocenters. The van der Waals surface area contributed by atoms with Crippen molar-refractivity contribution in [3.05, 3.63) is 0 Å². The molecule has 0 heterocycles. The molecule has 1 saturated carbocycles. The third kappa shape index (κ3) is 1.97. The maximum atomic E-state index is 9.40. The molecule has 0 radical (unpaired) electrons. The van der Waals surface area contributed by atoms with Gasteiger partial charge in [-0.1, -0.05) is 0 Å². The first-order valence-corrected chi connectivity index (χ1v) is 4.08. The van der Waals surface area contributed by atoms with E-state index in [9.17, 15) is 15.3 Å². The molecule has 0 amide bonds. The highest BCUT2D eigenvalue weighted by Crippen LogP contribution is 2.19. The summed E-state index contributed by atoms with van der Waals surface area (Å²) in [6.07, 6.45) is -3.04. The van der Waals surface area contributed by atoms with Crippen molar-refractivity contribution in [1.29, 1.82) is 0 Å². The Morgan fingerprint density at radius 3 is 1.54 bits per heavy atom. The molecule has 0 spiro atoms. The van der Waals surface area contributed by atoms with Crippen LogP contribution in [0.5, 0.6) is 0 Å². The van der Waals surface area contributed by atoms with E-state index in [2.05, 4.69) is 10.9 Å². The molecule has 1 fully saturated rings. The molecule has 7 heteroatoms. The summed E-state index contributed by atoms with van der Waals surface area (Å²) in [4.78, 5) is 0. The monoisotopic (exact) mass is 192 g/mol. The second kappa shape index (κ2) is 4.29. The lowest BCUT2D eigenvalue weighted by atomic mass is 9.84. The largest absolute Gasteiger partial charge is 0.389 e. The molecule has 1 aliphatic rings. The lowest BCUT2D eigenvalue weighted by Crippen LogP contribution is -2.65. The minimum Gasteiger partial charge on any atom is -0.389 e. The summed E-state index contributed by atoms with van der Waals surface area (Å²) >= 11 is 0. The van der Waals surface area contributed by atoms with Crippen LogP contribution >= 0.6 is 0 Å². The highest BCUT2D eigenvalue weighted by atomic mass is 16.4. The van der Waals surface area contributed by atoms with Gasteiger partial charge in [-0.2, -0.15) is 0 Å². The van der Waals surface area contributed by atoms with Crippen molar-refractivity contribution in [2.45, 2.75) is 36.8 Å². The molecule has 1 unspecified atom stereocenters. The van der Waals surface area contributed by atoms with Gasteiger partial charge >= 0.3 is 0 Å². The van der Waals surface area contributed by atoms with Crippen LogP contribution in [0.4, 0.5) is 0 Å². The maximum absolute atomic E-state index is 9.40. The van der Waals surface area contributed by atoms with E-state index < -0.39 is 30.4 Å². The van der Waals surface area contributed by atoms with Gasteiger partial charge in [0.1, 0.15) is 6.10 Å². The lowest BCUT2D eigenvalue weighted by Gasteiger charge is -2.39. The Kier molecular flexibility index (Phi) is 3.56. The highest BCUT2D eigenvalue weighted by Gasteiger charge is 2.41. The number of hydrogen-bond acceptors (Lipinski definition) is 7. The normalized spacial score (nSPS) is 46.4. The van der Waals surface area contributed by atoms with Gasteiger partial charge in [-0.3, -0.25) is 22.5 Å². The molecule has 0 aliphatic heterocycles. The fourth-order valence-electron chi connectivity index (χ4n) is 1.56. The summed E-state index contributed by atoms with van der Waals surface area (Å²) < 4.78 is 0. The molecule has 13 heavy (non-hydrogen) atoms. The second-order valence-corrected chi connectivity index (χ2v) is 3.25. The van der Waals surface area contributed by atoms with Crippen LogP contribution < -0.4 is 22.5 Å². The number of hydrazine groups is 2. The van der Waals surface area contributed by atoms with E-state index >= 15 is 0 Å². The van der Waals surface area contributed by atoms with Crippen molar-refractivity contribution in [2.75, 3.05) is 0 Å². The Hall–Kier alpha value is -0.280. The zero-order valence-electron chi connectivity index (χ0n) is 7.09. The Morgan fingerprint density at radius 1 is 0.846 bits per heavy atom. The van der Waals surface area contributed by atoms with Gasteiger partial charge in [0.2, 0.25) is 0 Å². The summed E-state index contributed by atoms with van der Waals surface area (Å²) in [5.41, 5.74) is 4.70. The smallest absolute Gasteiger partial charge is 0.109 e. The first-order valence-electron chi connectivity index (χ1n) is 4.08. The van der Waals surface area contributed by atoms with Crippen LogP contribution in [-0.2, 0) is 0 Å². The molecular formula is C6H16N4O3. The van der Waals surface area contributed by atoms with Gasteiger partial charge in [0.15, 0.2) is 0 Å². The average molecular weight is 192 g/mol. The van der Waals surface area contributed by atoms with Crippen LogP contribution in [0, 0.1) is 0 Å². The fraction of sp³-hybridized carbons (Fsp3) is 1.00. The van der Waals surface area contributed by atoms with Gasteiger partial charge in [0.05, 0.1) is 24.3 Å².